The predicted molar refractivity (Wildman–Crippen MR) is 67.2 cm³/mol. The minimum absolute atomic E-state index is 0.110. The van der Waals surface area contributed by atoms with Crippen molar-refractivity contribution in [2.45, 2.75) is 0 Å². The van der Waals surface area contributed by atoms with Crippen LogP contribution in [0.5, 0.6) is 0 Å². The second kappa shape index (κ2) is 4.73. The Kier molecular flexibility index (Phi) is 3.31. The molecule has 0 atom stereocenters. The van der Waals surface area contributed by atoms with Gasteiger partial charge in [0.2, 0.25) is 0 Å². The Hall–Kier alpha value is -1.59. The van der Waals surface area contributed by atoms with Crippen molar-refractivity contribution in [3.8, 4) is 0 Å². The molecule has 4 nitrogen and oxygen atoms in total. The van der Waals surface area contributed by atoms with Gasteiger partial charge >= 0.3 is 5.97 Å². The molecule has 6 heteroatoms. The molecule has 0 fully saturated rings. The van der Waals surface area contributed by atoms with Gasteiger partial charge in [0.05, 0.1) is 7.11 Å². The van der Waals surface area contributed by atoms with Gasteiger partial charge in [-0.15, -0.1) is 11.3 Å². The van der Waals surface area contributed by atoms with Crippen molar-refractivity contribution in [2.75, 3.05) is 7.11 Å². The topological polar surface area (TPSA) is 58.9 Å². The second-order valence-corrected chi connectivity index (χ2v) is 4.58. The number of oxime groups is 1. The molecule has 0 radical (unpaired) electrons. The maximum absolute atomic E-state index is 11.4. The first-order chi connectivity index (χ1) is 8.17. The average molecular weight is 270 g/mol. The molecule has 88 valence electrons. The first-order valence-electron chi connectivity index (χ1n) is 4.65. The molecule has 0 aliphatic rings. The van der Waals surface area contributed by atoms with Gasteiger partial charge < -0.3 is 9.94 Å². The molecule has 1 aromatic heterocycles. The predicted octanol–water partition coefficient (Wildman–Crippen LogP) is 2.91. The van der Waals surface area contributed by atoms with E-state index in [1.807, 2.05) is 0 Å². The first kappa shape index (κ1) is 11.9. The number of fused-ring (bicyclic) bond motifs is 1. The smallest absolute Gasteiger partial charge is 0.360 e. The number of hydrogen-bond acceptors (Lipinski definition) is 5. The molecule has 17 heavy (non-hydrogen) atoms. The number of esters is 1. The van der Waals surface area contributed by atoms with Crippen LogP contribution in [0.15, 0.2) is 28.7 Å². The summed E-state index contributed by atoms with van der Waals surface area (Å²) >= 11 is 7.28. The van der Waals surface area contributed by atoms with Crippen LogP contribution in [0.4, 0.5) is 0 Å². The van der Waals surface area contributed by atoms with Gasteiger partial charge in [-0.1, -0.05) is 22.8 Å². The Bertz CT molecular complexity index is 606. The number of nitrogens with zero attached hydrogens (tertiary/aromatic N) is 1. The highest BCUT2D eigenvalue weighted by atomic mass is 35.5. The van der Waals surface area contributed by atoms with Crippen molar-refractivity contribution < 1.29 is 14.7 Å². The molecule has 1 aromatic carbocycles. The van der Waals surface area contributed by atoms with E-state index in [0.717, 1.165) is 10.1 Å². The van der Waals surface area contributed by atoms with Gasteiger partial charge in [-0.05, 0) is 12.1 Å². The summed E-state index contributed by atoms with van der Waals surface area (Å²) in [4.78, 5) is 11.4. The largest absolute Gasteiger partial charge is 0.464 e. The Morgan fingerprint density at radius 3 is 2.94 bits per heavy atom. The third-order valence-electron chi connectivity index (χ3n) is 2.27. The van der Waals surface area contributed by atoms with E-state index in [0.29, 0.717) is 10.6 Å². The zero-order valence-electron chi connectivity index (χ0n) is 8.81. The molecule has 0 saturated carbocycles. The molecule has 0 bridgehead atoms. The summed E-state index contributed by atoms with van der Waals surface area (Å²) in [5.74, 6) is -0.679. The van der Waals surface area contributed by atoms with E-state index < -0.39 is 5.97 Å². The van der Waals surface area contributed by atoms with Crippen molar-refractivity contribution in [2.24, 2.45) is 5.16 Å². The number of hydrogen-bond donors (Lipinski definition) is 1. The summed E-state index contributed by atoms with van der Waals surface area (Å²) in [6.45, 7) is 0. The van der Waals surface area contributed by atoms with E-state index in [4.69, 9.17) is 16.8 Å². The van der Waals surface area contributed by atoms with Crippen LogP contribution in [-0.4, -0.2) is 24.0 Å². The van der Waals surface area contributed by atoms with Crippen molar-refractivity contribution in [3.63, 3.8) is 0 Å². The minimum Gasteiger partial charge on any atom is -0.464 e. The molecule has 1 N–H and O–H groups in total. The highest BCUT2D eigenvalue weighted by Crippen LogP contribution is 2.29. The van der Waals surface area contributed by atoms with E-state index in [2.05, 4.69) is 9.89 Å². The number of thiophene rings is 1. The lowest BCUT2D eigenvalue weighted by Gasteiger charge is -2.00. The second-order valence-electron chi connectivity index (χ2n) is 3.23. The average Bonchev–Trinajstić information content (AvgIpc) is 2.73. The molecule has 2 rings (SSSR count). The van der Waals surface area contributed by atoms with E-state index >= 15 is 0 Å². The van der Waals surface area contributed by atoms with Gasteiger partial charge in [0, 0.05) is 26.1 Å². The number of ether oxygens (including phenoxy) is 1. The van der Waals surface area contributed by atoms with E-state index in [1.165, 1.54) is 18.4 Å². The van der Waals surface area contributed by atoms with Crippen LogP contribution in [-0.2, 0) is 9.53 Å². The SMILES string of the molecule is COC(=O)C(=NO)c1csc2cc(Cl)ccc12. The summed E-state index contributed by atoms with van der Waals surface area (Å²) in [7, 11) is 1.24. The molecule has 0 aliphatic carbocycles. The molecular weight excluding hydrogens is 262 g/mol. The van der Waals surface area contributed by atoms with Crippen molar-refractivity contribution in [1.29, 1.82) is 0 Å². The Balaban J connectivity index is 2.59. The molecular formula is C11H8ClNO3S. The highest BCUT2D eigenvalue weighted by Gasteiger charge is 2.19. The van der Waals surface area contributed by atoms with E-state index in [9.17, 15) is 4.79 Å². The monoisotopic (exact) mass is 269 g/mol. The zero-order chi connectivity index (χ0) is 12.4. The fourth-order valence-corrected chi connectivity index (χ4v) is 2.71. The van der Waals surface area contributed by atoms with Crippen LogP contribution in [0.25, 0.3) is 10.1 Å². The van der Waals surface area contributed by atoms with Crippen molar-refractivity contribution in [1.82, 2.24) is 0 Å². The minimum atomic E-state index is -0.679. The molecule has 0 unspecified atom stereocenters. The molecule has 2 aromatic rings. The standard InChI is InChI=1S/C11H8ClNO3S/c1-16-11(14)10(13-15)8-5-17-9-4-6(12)2-3-7(8)9/h2-5,15H,1H3. The van der Waals surface area contributed by atoms with E-state index in [1.54, 1.807) is 23.6 Å². The number of halogens is 1. The highest BCUT2D eigenvalue weighted by molar-refractivity contribution is 7.17. The number of carbonyl (C=O) groups excluding carboxylic acids is 1. The van der Waals surface area contributed by atoms with Crippen LogP contribution < -0.4 is 0 Å². The molecule has 0 saturated heterocycles. The van der Waals surface area contributed by atoms with Crippen LogP contribution in [0.1, 0.15) is 5.56 Å². The van der Waals surface area contributed by atoms with Crippen molar-refractivity contribution >= 4 is 44.7 Å². The zero-order valence-corrected chi connectivity index (χ0v) is 10.4. The summed E-state index contributed by atoms with van der Waals surface area (Å²) < 4.78 is 5.46. The van der Waals surface area contributed by atoms with Crippen LogP contribution in [0.2, 0.25) is 5.02 Å². The normalized spacial score (nSPS) is 11.8. The van der Waals surface area contributed by atoms with Crippen LogP contribution in [0, 0.1) is 0 Å². The lowest BCUT2D eigenvalue weighted by Crippen LogP contribution is -2.16. The quantitative estimate of drug-likeness (QED) is 0.395. The number of benzene rings is 1. The maximum atomic E-state index is 11.4. The summed E-state index contributed by atoms with van der Waals surface area (Å²) in [6.07, 6.45) is 0. The van der Waals surface area contributed by atoms with Crippen molar-refractivity contribution in [3.05, 3.63) is 34.2 Å². The number of carbonyl (C=O) groups is 1. The maximum Gasteiger partial charge on any atom is 0.360 e. The third kappa shape index (κ3) is 2.11. The Morgan fingerprint density at radius 1 is 1.53 bits per heavy atom. The molecule has 0 spiro atoms. The fourth-order valence-electron chi connectivity index (χ4n) is 1.49. The molecule has 0 amide bonds. The van der Waals surface area contributed by atoms with Gasteiger partial charge in [-0.3, -0.25) is 0 Å². The number of methoxy groups -OCH3 is 1. The lowest BCUT2D eigenvalue weighted by molar-refractivity contribution is -0.132. The molecule has 0 aliphatic heterocycles. The summed E-state index contributed by atoms with van der Waals surface area (Å²) in [6, 6.07) is 5.28. The van der Waals surface area contributed by atoms with Gasteiger partial charge in [0.1, 0.15) is 0 Å². The number of rotatable bonds is 2. The van der Waals surface area contributed by atoms with Crippen LogP contribution in [0.3, 0.4) is 0 Å². The lowest BCUT2D eigenvalue weighted by atomic mass is 10.1. The third-order valence-corrected chi connectivity index (χ3v) is 3.45. The van der Waals surface area contributed by atoms with Gasteiger partial charge in [-0.2, -0.15) is 0 Å². The summed E-state index contributed by atoms with van der Waals surface area (Å²) in [5.41, 5.74) is 0.428. The summed E-state index contributed by atoms with van der Waals surface area (Å²) in [5, 5.41) is 15.0. The van der Waals surface area contributed by atoms with Gasteiger partial charge in [-0.25, -0.2) is 4.79 Å². The van der Waals surface area contributed by atoms with Gasteiger partial charge in [0.25, 0.3) is 0 Å². The molecule has 1 heterocycles. The fraction of sp³-hybridized carbons (Fsp3) is 0.0909. The van der Waals surface area contributed by atoms with Gasteiger partial charge in [0.15, 0.2) is 5.71 Å². The van der Waals surface area contributed by atoms with Crippen LogP contribution >= 0.6 is 22.9 Å². The Morgan fingerprint density at radius 2 is 2.29 bits per heavy atom. The Labute approximate surface area is 106 Å². The van der Waals surface area contributed by atoms with E-state index in [-0.39, 0.29) is 5.71 Å². The first-order valence-corrected chi connectivity index (χ1v) is 5.90.